The molecule has 1 aromatic heterocycles. The van der Waals surface area contributed by atoms with Gasteiger partial charge in [0.25, 0.3) is 0 Å². The Hall–Kier alpha value is -3.03. The minimum Gasteiger partial charge on any atom is -0.497 e. The van der Waals surface area contributed by atoms with E-state index in [2.05, 4.69) is 20.2 Å². The summed E-state index contributed by atoms with van der Waals surface area (Å²) in [5.41, 5.74) is 2.04. The number of aryl methyl sites for hydroxylation is 1. The number of benzene rings is 1. The minimum atomic E-state index is -0.255. The number of aromatic nitrogens is 2. The number of carbonyl (C=O) groups is 1. The van der Waals surface area contributed by atoms with Crippen molar-refractivity contribution in [1.82, 2.24) is 14.9 Å². The molecule has 0 aliphatic carbocycles. The van der Waals surface area contributed by atoms with Crippen LogP contribution in [0.3, 0.4) is 0 Å². The van der Waals surface area contributed by atoms with Gasteiger partial charge in [0.05, 0.1) is 13.7 Å². The third-order valence-corrected chi connectivity index (χ3v) is 4.56. The summed E-state index contributed by atoms with van der Waals surface area (Å²) in [4.78, 5) is 24.9. The van der Waals surface area contributed by atoms with Gasteiger partial charge in [0.15, 0.2) is 0 Å². The smallest absolute Gasteiger partial charge is 0.409 e. The van der Waals surface area contributed by atoms with Crippen LogP contribution in [0.25, 0.3) is 0 Å². The molecular formula is C20H27N5O3. The summed E-state index contributed by atoms with van der Waals surface area (Å²) in [6.45, 7) is 7.39. The number of hydrogen-bond acceptors (Lipinski definition) is 7. The molecular weight excluding hydrogens is 358 g/mol. The fraction of sp³-hybridized carbons (Fsp3) is 0.450. The fourth-order valence-corrected chi connectivity index (χ4v) is 3.02. The van der Waals surface area contributed by atoms with Crippen molar-refractivity contribution in [3.63, 3.8) is 0 Å². The van der Waals surface area contributed by atoms with Crippen molar-refractivity contribution in [1.29, 1.82) is 0 Å². The average Bonchev–Trinajstić information content (AvgIpc) is 2.72. The van der Waals surface area contributed by atoms with Gasteiger partial charge >= 0.3 is 6.09 Å². The Morgan fingerprint density at radius 1 is 1.14 bits per heavy atom. The molecule has 1 saturated heterocycles. The lowest BCUT2D eigenvalue weighted by Crippen LogP contribution is -2.49. The van der Waals surface area contributed by atoms with Crippen molar-refractivity contribution in [2.75, 3.05) is 50.1 Å². The van der Waals surface area contributed by atoms with Crippen LogP contribution in [0, 0.1) is 6.92 Å². The maximum atomic E-state index is 11.8. The summed E-state index contributed by atoms with van der Waals surface area (Å²) < 4.78 is 10.3. The molecule has 28 heavy (non-hydrogen) atoms. The molecule has 1 fully saturated rings. The first-order chi connectivity index (χ1) is 13.6. The average molecular weight is 385 g/mol. The van der Waals surface area contributed by atoms with Crippen molar-refractivity contribution in [3.05, 3.63) is 41.6 Å². The van der Waals surface area contributed by atoms with Crippen LogP contribution in [-0.2, 0) is 11.3 Å². The minimum absolute atomic E-state index is 0.255. The van der Waals surface area contributed by atoms with Crippen LogP contribution < -0.4 is 15.0 Å². The second-order valence-corrected chi connectivity index (χ2v) is 6.57. The molecule has 2 aromatic rings. The molecule has 1 amide bonds. The molecule has 1 aliphatic heterocycles. The van der Waals surface area contributed by atoms with Gasteiger partial charge < -0.3 is 24.6 Å². The summed E-state index contributed by atoms with van der Waals surface area (Å²) in [6, 6.07) is 9.86. The van der Waals surface area contributed by atoms with Crippen LogP contribution in [0.15, 0.2) is 30.3 Å². The van der Waals surface area contributed by atoms with Gasteiger partial charge in [-0.15, -0.1) is 0 Å². The predicted molar refractivity (Wildman–Crippen MR) is 108 cm³/mol. The second kappa shape index (κ2) is 9.25. The Morgan fingerprint density at radius 3 is 2.50 bits per heavy atom. The van der Waals surface area contributed by atoms with Gasteiger partial charge in [0.2, 0.25) is 5.95 Å². The van der Waals surface area contributed by atoms with Crippen LogP contribution in [0.5, 0.6) is 5.75 Å². The first kappa shape index (κ1) is 19.7. The molecule has 1 N–H and O–H groups in total. The molecule has 0 radical (unpaired) electrons. The highest BCUT2D eigenvalue weighted by atomic mass is 16.6. The van der Waals surface area contributed by atoms with Crippen LogP contribution in [0.4, 0.5) is 16.6 Å². The van der Waals surface area contributed by atoms with Crippen LogP contribution in [-0.4, -0.2) is 60.9 Å². The van der Waals surface area contributed by atoms with E-state index >= 15 is 0 Å². The third-order valence-electron chi connectivity index (χ3n) is 4.56. The number of anilines is 2. The summed E-state index contributed by atoms with van der Waals surface area (Å²) in [6.07, 6.45) is -0.255. The van der Waals surface area contributed by atoms with Crippen LogP contribution in [0.1, 0.15) is 18.2 Å². The Bertz CT molecular complexity index is 789. The molecule has 0 spiro atoms. The molecule has 8 heteroatoms. The van der Waals surface area contributed by atoms with E-state index in [1.807, 2.05) is 44.2 Å². The van der Waals surface area contributed by atoms with E-state index in [4.69, 9.17) is 9.47 Å². The van der Waals surface area contributed by atoms with E-state index in [1.54, 1.807) is 12.0 Å². The summed E-state index contributed by atoms with van der Waals surface area (Å²) in [5.74, 6) is 2.30. The van der Waals surface area contributed by atoms with E-state index in [9.17, 15) is 4.79 Å². The molecule has 1 aromatic carbocycles. The maximum Gasteiger partial charge on any atom is 0.409 e. The number of ether oxygens (including phenoxy) is 2. The molecule has 0 bridgehead atoms. The number of nitrogens with one attached hydrogen (secondary N) is 1. The first-order valence-electron chi connectivity index (χ1n) is 9.48. The molecule has 0 atom stereocenters. The predicted octanol–water partition coefficient (Wildman–Crippen LogP) is 2.68. The number of amides is 1. The normalized spacial score (nSPS) is 14.0. The van der Waals surface area contributed by atoms with E-state index < -0.39 is 0 Å². The van der Waals surface area contributed by atoms with Gasteiger partial charge in [-0.05, 0) is 31.5 Å². The van der Waals surface area contributed by atoms with Crippen molar-refractivity contribution in [2.45, 2.75) is 20.4 Å². The Balaban J connectivity index is 1.61. The lowest BCUT2D eigenvalue weighted by atomic mass is 10.2. The topological polar surface area (TPSA) is 79.8 Å². The SMILES string of the molecule is CCOC(=O)N1CCN(c2nc(C)cc(NCc3ccc(OC)cc3)n2)CC1. The van der Waals surface area contributed by atoms with E-state index in [1.165, 1.54) is 0 Å². The van der Waals surface area contributed by atoms with E-state index in [-0.39, 0.29) is 6.09 Å². The van der Waals surface area contributed by atoms with Crippen LogP contribution in [0.2, 0.25) is 0 Å². The Morgan fingerprint density at radius 2 is 1.86 bits per heavy atom. The van der Waals surface area contributed by atoms with Crippen molar-refractivity contribution < 1.29 is 14.3 Å². The van der Waals surface area contributed by atoms with Crippen molar-refractivity contribution >= 4 is 17.9 Å². The Labute approximate surface area is 165 Å². The largest absolute Gasteiger partial charge is 0.497 e. The molecule has 3 rings (SSSR count). The highest BCUT2D eigenvalue weighted by Crippen LogP contribution is 2.17. The number of rotatable bonds is 6. The second-order valence-electron chi connectivity index (χ2n) is 6.57. The quantitative estimate of drug-likeness (QED) is 0.819. The molecule has 2 heterocycles. The van der Waals surface area contributed by atoms with Crippen molar-refractivity contribution in [2.24, 2.45) is 0 Å². The Kier molecular flexibility index (Phi) is 6.52. The lowest BCUT2D eigenvalue weighted by molar-refractivity contribution is 0.105. The zero-order valence-electron chi connectivity index (χ0n) is 16.6. The highest BCUT2D eigenvalue weighted by molar-refractivity contribution is 5.68. The molecule has 1 aliphatic rings. The summed E-state index contributed by atoms with van der Waals surface area (Å²) in [5, 5.41) is 3.36. The first-order valence-corrected chi connectivity index (χ1v) is 9.48. The van der Waals surface area contributed by atoms with Gasteiger partial charge in [0.1, 0.15) is 11.6 Å². The number of piperazine rings is 1. The van der Waals surface area contributed by atoms with Crippen LogP contribution >= 0.6 is 0 Å². The zero-order valence-corrected chi connectivity index (χ0v) is 16.6. The van der Waals surface area contributed by atoms with Gasteiger partial charge in [-0.3, -0.25) is 0 Å². The molecule has 0 unspecified atom stereocenters. The fourth-order valence-electron chi connectivity index (χ4n) is 3.02. The van der Waals surface area contributed by atoms with Gasteiger partial charge in [0, 0.05) is 44.5 Å². The molecule has 0 saturated carbocycles. The van der Waals surface area contributed by atoms with E-state index in [0.717, 1.165) is 22.8 Å². The summed E-state index contributed by atoms with van der Waals surface area (Å²) in [7, 11) is 1.66. The van der Waals surface area contributed by atoms with Crippen molar-refractivity contribution in [3.8, 4) is 5.75 Å². The summed E-state index contributed by atoms with van der Waals surface area (Å²) >= 11 is 0. The third kappa shape index (κ3) is 5.03. The molecule has 150 valence electrons. The highest BCUT2D eigenvalue weighted by Gasteiger charge is 2.23. The number of nitrogens with zero attached hydrogens (tertiary/aromatic N) is 4. The number of methoxy groups -OCH3 is 1. The lowest BCUT2D eigenvalue weighted by Gasteiger charge is -2.34. The maximum absolute atomic E-state index is 11.8. The van der Waals surface area contributed by atoms with Gasteiger partial charge in [-0.1, -0.05) is 12.1 Å². The molecule has 8 nitrogen and oxygen atoms in total. The standard InChI is InChI=1S/C20H27N5O3/c1-4-28-20(26)25-11-9-24(10-12-25)19-22-15(2)13-18(23-19)21-14-16-5-7-17(27-3)8-6-16/h5-8,13H,4,9-12,14H2,1-3H3,(H,21,22,23). The number of hydrogen-bond donors (Lipinski definition) is 1. The zero-order chi connectivity index (χ0) is 19.9. The number of carbonyl (C=O) groups excluding carboxylic acids is 1. The van der Waals surface area contributed by atoms with Gasteiger partial charge in [-0.2, -0.15) is 4.98 Å². The van der Waals surface area contributed by atoms with E-state index in [0.29, 0.717) is 45.3 Å². The monoisotopic (exact) mass is 385 g/mol. The van der Waals surface area contributed by atoms with Gasteiger partial charge in [-0.25, -0.2) is 9.78 Å².